The highest BCUT2D eigenvalue weighted by molar-refractivity contribution is 6.00. The van der Waals surface area contributed by atoms with E-state index in [1.165, 1.54) is 17.0 Å². The summed E-state index contributed by atoms with van der Waals surface area (Å²) in [4.78, 5) is 53.7. The van der Waals surface area contributed by atoms with Gasteiger partial charge in [0.25, 0.3) is 5.91 Å². The van der Waals surface area contributed by atoms with E-state index in [-0.39, 0.29) is 25.1 Å². The van der Waals surface area contributed by atoms with E-state index in [0.717, 1.165) is 17.5 Å². The number of nitrogens with two attached hydrogens (primary N) is 1. The number of benzene rings is 2. The van der Waals surface area contributed by atoms with Crippen LogP contribution in [-0.4, -0.2) is 52.0 Å². The van der Waals surface area contributed by atoms with Crippen LogP contribution in [0.5, 0.6) is 5.75 Å². The molecule has 0 heterocycles. The Morgan fingerprint density at radius 2 is 1.68 bits per heavy atom. The van der Waals surface area contributed by atoms with Crippen LogP contribution in [0.1, 0.15) is 76.1 Å². The minimum atomic E-state index is -1.19. The number of nitrogens with one attached hydrogen (secondary N) is 2. The largest absolute Gasteiger partial charge is 0.508 e. The van der Waals surface area contributed by atoms with Gasteiger partial charge < -0.3 is 31.1 Å². The number of carbonyl (C=O) groups excluding carboxylic acids is 4. The van der Waals surface area contributed by atoms with Gasteiger partial charge in [-0.3, -0.25) is 14.4 Å². The van der Waals surface area contributed by atoms with E-state index in [4.69, 9.17) is 10.5 Å². The quantitative estimate of drug-likeness (QED) is 0.304. The summed E-state index contributed by atoms with van der Waals surface area (Å²) >= 11 is 0. The first-order chi connectivity index (χ1) is 18.7. The van der Waals surface area contributed by atoms with Gasteiger partial charge in [0.1, 0.15) is 23.4 Å². The predicted octanol–water partition coefficient (Wildman–Crippen LogP) is 4.48. The number of phenolic OH excluding ortho intramolecular Hbond substituents is 1. The van der Waals surface area contributed by atoms with Crippen molar-refractivity contribution in [2.45, 2.75) is 84.9 Å². The van der Waals surface area contributed by atoms with E-state index in [9.17, 15) is 24.3 Å². The summed E-state index contributed by atoms with van der Waals surface area (Å²) in [7, 11) is 0. The topological polar surface area (TPSA) is 151 Å². The minimum absolute atomic E-state index is 0.0672. The monoisotopic (exact) mass is 554 g/mol. The summed E-state index contributed by atoms with van der Waals surface area (Å²) in [5.41, 5.74) is 7.25. The number of rotatable bonds is 12. The molecule has 2 aromatic rings. The number of amides is 4. The number of carbonyl (C=O) groups is 4. The molecule has 0 spiro atoms. The van der Waals surface area contributed by atoms with Crippen LogP contribution in [-0.2, 0) is 19.1 Å². The third kappa shape index (κ3) is 9.59. The molecule has 0 aliphatic carbocycles. The second-order valence-electron chi connectivity index (χ2n) is 10.8. The molecule has 0 aliphatic rings. The first kappa shape index (κ1) is 32.1. The van der Waals surface area contributed by atoms with Crippen molar-refractivity contribution in [1.82, 2.24) is 10.2 Å². The summed E-state index contributed by atoms with van der Waals surface area (Å²) < 4.78 is 5.35. The molecule has 0 fully saturated rings. The maximum atomic E-state index is 14.1. The lowest BCUT2D eigenvalue weighted by molar-refractivity contribution is -0.141. The number of phenols is 1. The molecule has 2 rings (SSSR count). The van der Waals surface area contributed by atoms with E-state index >= 15 is 0 Å². The number of hydrogen-bond acceptors (Lipinski definition) is 6. The van der Waals surface area contributed by atoms with E-state index < -0.39 is 41.5 Å². The number of aromatic hydroxyl groups is 1. The predicted molar refractivity (Wildman–Crippen MR) is 154 cm³/mol. The molecule has 2 aromatic carbocycles. The van der Waals surface area contributed by atoms with E-state index in [2.05, 4.69) is 10.6 Å². The normalized spacial score (nSPS) is 12.7. The van der Waals surface area contributed by atoms with Crippen LogP contribution >= 0.6 is 0 Å². The Morgan fingerprint density at radius 1 is 1.05 bits per heavy atom. The molecule has 10 heteroatoms. The third-order valence-corrected chi connectivity index (χ3v) is 6.18. The van der Waals surface area contributed by atoms with Crippen molar-refractivity contribution in [3.8, 4) is 5.75 Å². The van der Waals surface area contributed by atoms with Crippen LogP contribution in [0, 0.1) is 13.8 Å². The lowest BCUT2D eigenvalue weighted by atomic mass is 10.00. The highest BCUT2D eigenvalue weighted by Gasteiger charge is 2.36. The van der Waals surface area contributed by atoms with Crippen molar-refractivity contribution in [1.29, 1.82) is 0 Å². The standard InChI is InChI=1S/C30H42N4O6/c1-7-8-17-34(28(38)23(15-16-24(31)36)32-29(39)40-30(4,5)6)26(21-13-10-14-22(35)18-21)27(37)33-25-19(2)11-9-12-20(25)3/h9-14,18,23,26,35H,7-8,15-17H2,1-6H3,(H2,31,36)(H,32,39)(H,33,37). The van der Waals surface area contributed by atoms with Gasteiger partial charge in [-0.1, -0.05) is 43.7 Å². The fourth-order valence-corrected chi connectivity index (χ4v) is 4.26. The van der Waals surface area contributed by atoms with Gasteiger partial charge in [-0.15, -0.1) is 0 Å². The van der Waals surface area contributed by atoms with E-state index in [1.54, 1.807) is 32.9 Å². The molecular weight excluding hydrogens is 512 g/mol. The molecule has 0 bridgehead atoms. The molecule has 10 nitrogen and oxygen atoms in total. The Labute approximate surface area is 236 Å². The fourth-order valence-electron chi connectivity index (χ4n) is 4.26. The number of para-hydroxylation sites is 1. The van der Waals surface area contributed by atoms with Gasteiger partial charge >= 0.3 is 6.09 Å². The molecule has 218 valence electrons. The van der Waals surface area contributed by atoms with Gasteiger partial charge in [0.2, 0.25) is 11.8 Å². The molecule has 2 atom stereocenters. The van der Waals surface area contributed by atoms with Crippen LogP contribution in [0.2, 0.25) is 0 Å². The molecule has 5 N–H and O–H groups in total. The number of unbranched alkanes of at least 4 members (excludes halogenated alkanes) is 1. The first-order valence-corrected chi connectivity index (χ1v) is 13.5. The maximum absolute atomic E-state index is 14.1. The zero-order chi connectivity index (χ0) is 30.0. The highest BCUT2D eigenvalue weighted by atomic mass is 16.6. The molecule has 40 heavy (non-hydrogen) atoms. The minimum Gasteiger partial charge on any atom is -0.508 e. The van der Waals surface area contributed by atoms with Crippen molar-refractivity contribution < 1.29 is 29.0 Å². The van der Waals surface area contributed by atoms with Gasteiger partial charge in [-0.25, -0.2) is 4.79 Å². The van der Waals surface area contributed by atoms with Crippen molar-refractivity contribution >= 4 is 29.5 Å². The molecule has 0 saturated heterocycles. The second kappa shape index (κ2) is 14.3. The highest BCUT2D eigenvalue weighted by Crippen LogP contribution is 2.29. The number of primary amides is 1. The lowest BCUT2D eigenvalue weighted by Gasteiger charge is -2.34. The van der Waals surface area contributed by atoms with E-state index in [0.29, 0.717) is 17.7 Å². The molecule has 0 aromatic heterocycles. The SMILES string of the molecule is CCCCN(C(=O)C(CCC(N)=O)NC(=O)OC(C)(C)C)C(C(=O)Nc1c(C)cccc1C)c1cccc(O)c1. The molecule has 2 unspecified atom stereocenters. The van der Waals surface area contributed by atoms with Gasteiger partial charge in [0, 0.05) is 18.7 Å². The average molecular weight is 555 g/mol. The summed E-state index contributed by atoms with van der Waals surface area (Å²) in [5, 5.41) is 15.8. The summed E-state index contributed by atoms with van der Waals surface area (Å²) in [6, 6.07) is 9.44. The zero-order valence-electron chi connectivity index (χ0n) is 24.2. The van der Waals surface area contributed by atoms with Crippen molar-refractivity contribution in [2.24, 2.45) is 5.73 Å². The fraction of sp³-hybridized carbons (Fsp3) is 0.467. The van der Waals surface area contributed by atoms with Crippen molar-refractivity contribution in [3.05, 3.63) is 59.2 Å². The smallest absolute Gasteiger partial charge is 0.408 e. The van der Waals surface area contributed by atoms with Crippen LogP contribution in [0.25, 0.3) is 0 Å². The Balaban J connectivity index is 2.57. The van der Waals surface area contributed by atoms with E-state index in [1.807, 2.05) is 39.0 Å². The molecule has 0 saturated carbocycles. The van der Waals surface area contributed by atoms with Crippen molar-refractivity contribution in [2.75, 3.05) is 11.9 Å². The number of alkyl carbamates (subject to hydrolysis) is 1. The van der Waals surface area contributed by atoms with Crippen LogP contribution in [0.4, 0.5) is 10.5 Å². The van der Waals surface area contributed by atoms with Gasteiger partial charge in [0.15, 0.2) is 0 Å². The van der Waals surface area contributed by atoms with Gasteiger partial charge in [0.05, 0.1) is 0 Å². The average Bonchev–Trinajstić information content (AvgIpc) is 2.84. The molecule has 4 amide bonds. The maximum Gasteiger partial charge on any atom is 0.408 e. The number of ether oxygens (including phenoxy) is 1. The Morgan fingerprint density at radius 3 is 2.23 bits per heavy atom. The van der Waals surface area contributed by atoms with Crippen LogP contribution in [0.3, 0.4) is 0 Å². The summed E-state index contributed by atoms with van der Waals surface area (Å²) in [6.45, 7) is 10.9. The molecular formula is C30H42N4O6. The number of aryl methyl sites for hydroxylation is 2. The zero-order valence-corrected chi connectivity index (χ0v) is 24.2. The first-order valence-electron chi connectivity index (χ1n) is 13.5. The van der Waals surface area contributed by atoms with Gasteiger partial charge in [-0.2, -0.15) is 0 Å². The molecule has 0 aliphatic heterocycles. The number of hydrogen-bond donors (Lipinski definition) is 4. The third-order valence-electron chi connectivity index (χ3n) is 6.18. The van der Waals surface area contributed by atoms with Crippen LogP contribution < -0.4 is 16.4 Å². The summed E-state index contributed by atoms with van der Waals surface area (Å²) in [5.74, 6) is -1.77. The Hall–Kier alpha value is -4.08. The number of nitrogens with zero attached hydrogens (tertiary/aromatic N) is 1. The number of anilines is 1. The van der Waals surface area contributed by atoms with Crippen LogP contribution in [0.15, 0.2) is 42.5 Å². The van der Waals surface area contributed by atoms with Gasteiger partial charge in [-0.05, 0) is 76.3 Å². The molecule has 0 radical (unpaired) electrons. The summed E-state index contributed by atoms with van der Waals surface area (Å²) in [6.07, 6.45) is 0.202. The Kier molecular flexibility index (Phi) is 11.5. The Bertz CT molecular complexity index is 1190. The second-order valence-corrected chi connectivity index (χ2v) is 10.8. The van der Waals surface area contributed by atoms with Crippen molar-refractivity contribution in [3.63, 3.8) is 0 Å². The lowest BCUT2D eigenvalue weighted by Crippen LogP contribution is -2.52.